The number of nitro groups is 1. The maximum atomic E-state index is 12.5. The molecular weight excluding hydrogens is 338 g/mol. The molecule has 2 aromatic carbocycles. The number of esters is 2. The zero-order chi connectivity index (χ0) is 19.5. The summed E-state index contributed by atoms with van der Waals surface area (Å²) in [6, 6.07) is 10.4. The minimum atomic E-state index is -0.734. The first-order valence-electron chi connectivity index (χ1n) is 7.83. The van der Waals surface area contributed by atoms with Gasteiger partial charge in [-0.05, 0) is 44.0 Å². The highest BCUT2D eigenvalue weighted by Crippen LogP contribution is 2.31. The van der Waals surface area contributed by atoms with Gasteiger partial charge in [-0.3, -0.25) is 10.1 Å². The fourth-order valence-electron chi connectivity index (χ4n) is 2.39. The standard InChI is InChI=1S/C19H19NO6/c1-19(2,3)26-18(22)15-8-6-5-7-13(15)14-10-9-12(20(23)24)11-16(14)17(21)25-4/h5-11H,1-4H3. The van der Waals surface area contributed by atoms with Gasteiger partial charge in [0, 0.05) is 12.1 Å². The lowest BCUT2D eigenvalue weighted by Gasteiger charge is -2.21. The van der Waals surface area contributed by atoms with Crippen molar-refractivity contribution in [2.24, 2.45) is 0 Å². The van der Waals surface area contributed by atoms with Crippen molar-refractivity contribution in [3.05, 3.63) is 63.7 Å². The van der Waals surface area contributed by atoms with Crippen molar-refractivity contribution < 1.29 is 24.0 Å². The molecule has 0 amide bonds. The molecule has 0 spiro atoms. The van der Waals surface area contributed by atoms with Gasteiger partial charge in [0.1, 0.15) is 5.60 Å². The first kappa shape index (κ1) is 19.1. The summed E-state index contributed by atoms with van der Waals surface area (Å²) >= 11 is 0. The van der Waals surface area contributed by atoms with E-state index in [0.717, 1.165) is 6.07 Å². The summed E-state index contributed by atoms with van der Waals surface area (Å²) in [4.78, 5) is 35.1. The maximum Gasteiger partial charge on any atom is 0.339 e. The highest BCUT2D eigenvalue weighted by molar-refractivity contribution is 6.03. The van der Waals surface area contributed by atoms with Crippen molar-refractivity contribution in [2.75, 3.05) is 7.11 Å². The second kappa shape index (κ2) is 7.35. The van der Waals surface area contributed by atoms with Gasteiger partial charge < -0.3 is 9.47 Å². The van der Waals surface area contributed by atoms with Crippen LogP contribution in [0.1, 0.15) is 41.5 Å². The molecule has 0 aliphatic rings. The van der Waals surface area contributed by atoms with Crippen molar-refractivity contribution in [3.8, 4) is 11.1 Å². The molecule has 0 N–H and O–H groups in total. The number of nitrogens with zero attached hydrogens (tertiary/aromatic N) is 1. The number of nitro benzene ring substituents is 1. The van der Waals surface area contributed by atoms with Gasteiger partial charge in [-0.25, -0.2) is 9.59 Å². The number of hydrogen-bond donors (Lipinski definition) is 0. The van der Waals surface area contributed by atoms with Crippen LogP contribution in [0.4, 0.5) is 5.69 Å². The van der Waals surface area contributed by atoms with E-state index in [1.54, 1.807) is 45.0 Å². The summed E-state index contributed by atoms with van der Waals surface area (Å²) in [5.41, 5.74) is 0.0918. The second-order valence-electron chi connectivity index (χ2n) is 6.53. The maximum absolute atomic E-state index is 12.5. The van der Waals surface area contributed by atoms with Gasteiger partial charge in [0.15, 0.2) is 0 Å². The normalized spacial score (nSPS) is 10.9. The van der Waals surface area contributed by atoms with Crippen LogP contribution >= 0.6 is 0 Å². The molecule has 0 aromatic heterocycles. The summed E-state index contributed by atoms with van der Waals surface area (Å²) in [6.45, 7) is 5.25. The molecule has 136 valence electrons. The van der Waals surface area contributed by atoms with Crippen LogP contribution in [0.15, 0.2) is 42.5 Å². The fraction of sp³-hybridized carbons (Fsp3) is 0.263. The predicted octanol–water partition coefficient (Wildman–Crippen LogP) is 4.00. The summed E-state index contributed by atoms with van der Waals surface area (Å²) < 4.78 is 10.1. The highest BCUT2D eigenvalue weighted by atomic mass is 16.6. The minimum Gasteiger partial charge on any atom is -0.465 e. The molecule has 0 saturated carbocycles. The van der Waals surface area contributed by atoms with Crippen molar-refractivity contribution in [3.63, 3.8) is 0 Å². The van der Waals surface area contributed by atoms with Gasteiger partial charge in [0.05, 0.1) is 23.2 Å². The molecule has 0 bridgehead atoms. The molecule has 0 aliphatic carbocycles. The number of hydrogen-bond acceptors (Lipinski definition) is 6. The predicted molar refractivity (Wildman–Crippen MR) is 95.0 cm³/mol. The second-order valence-corrected chi connectivity index (χ2v) is 6.53. The highest BCUT2D eigenvalue weighted by Gasteiger charge is 2.24. The third kappa shape index (κ3) is 4.24. The van der Waals surface area contributed by atoms with E-state index in [4.69, 9.17) is 9.47 Å². The zero-order valence-corrected chi connectivity index (χ0v) is 14.9. The Balaban J connectivity index is 2.64. The summed E-state index contributed by atoms with van der Waals surface area (Å²) in [5, 5.41) is 11.0. The molecular formula is C19H19NO6. The average molecular weight is 357 g/mol. The molecule has 0 aliphatic heterocycles. The molecule has 26 heavy (non-hydrogen) atoms. The van der Waals surface area contributed by atoms with Crippen molar-refractivity contribution in [1.82, 2.24) is 0 Å². The lowest BCUT2D eigenvalue weighted by atomic mass is 9.94. The van der Waals surface area contributed by atoms with E-state index in [9.17, 15) is 19.7 Å². The van der Waals surface area contributed by atoms with Gasteiger partial charge in [0.25, 0.3) is 5.69 Å². The van der Waals surface area contributed by atoms with E-state index in [1.807, 2.05) is 0 Å². The topological polar surface area (TPSA) is 95.7 Å². The third-order valence-electron chi connectivity index (χ3n) is 3.46. The molecule has 0 fully saturated rings. The van der Waals surface area contributed by atoms with E-state index in [0.29, 0.717) is 11.1 Å². The summed E-state index contributed by atoms with van der Waals surface area (Å²) in [6.07, 6.45) is 0. The number of methoxy groups -OCH3 is 1. The Morgan fingerprint density at radius 3 is 2.15 bits per heavy atom. The monoisotopic (exact) mass is 357 g/mol. The molecule has 0 saturated heterocycles. The lowest BCUT2D eigenvalue weighted by Crippen LogP contribution is -2.24. The Hall–Kier alpha value is -3.22. The number of carbonyl (C=O) groups is 2. The van der Waals surface area contributed by atoms with Crippen LogP contribution in [-0.4, -0.2) is 29.6 Å². The van der Waals surface area contributed by atoms with Crippen LogP contribution in [0, 0.1) is 10.1 Å². The summed E-state index contributed by atoms with van der Waals surface area (Å²) in [7, 11) is 1.19. The van der Waals surface area contributed by atoms with E-state index >= 15 is 0 Å². The van der Waals surface area contributed by atoms with Crippen LogP contribution in [0.2, 0.25) is 0 Å². The van der Waals surface area contributed by atoms with Gasteiger partial charge in [-0.2, -0.15) is 0 Å². The van der Waals surface area contributed by atoms with Gasteiger partial charge in [-0.15, -0.1) is 0 Å². The zero-order valence-electron chi connectivity index (χ0n) is 14.9. The molecule has 0 atom stereocenters. The number of non-ortho nitro benzene ring substituents is 1. The molecule has 0 unspecified atom stereocenters. The molecule has 7 nitrogen and oxygen atoms in total. The first-order chi connectivity index (χ1) is 12.1. The number of ether oxygens (including phenoxy) is 2. The van der Waals surface area contributed by atoms with Crippen LogP contribution in [0.25, 0.3) is 11.1 Å². The largest absolute Gasteiger partial charge is 0.465 e. The Bertz CT molecular complexity index is 867. The molecule has 0 radical (unpaired) electrons. The molecule has 7 heteroatoms. The van der Waals surface area contributed by atoms with E-state index < -0.39 is 22.5 Å². The van der Waals surface area contributed by atoms with Crippen LogP contribution < -0.4 is 0 Å². The smallest absolute Gasteiger partial charge is 0.339 e. The average Bonchev–Trinajstić information content (AvgIpc) is 2.59. The Morgan fingerprint density at radius 1 is 0.962 bits per heavy atom. The van der Waals surface area contributed by atoms with E-state index in [-0.39, 0.29) is 16.8 Å². The Morgan fingerprint density at radius 2 is 1.58 bits per heavy atom. The van der Waals surface area contributed by atoms with Gasteiger partial charge in [0.2, 0.25) is 0 Å². The van der Waals surface area contributed by atoms with Crippen molar-refractivity contribution in [1.29, 1.82) is 0 Å². The van der Waals surface area contributed by atoms with Crippen LogP contribution in [0.3, 0.4) is 0 Å². The number of rotatable bonds is 4. The number of carbonyl (C=O) groups excluding carboxylic acids is 2. The van der Waals surface area contributed by atoms with E-state index in [2.05, 4.69) is 0 Å². The van der Waals surface area contributed by atoms with Crippen LogP contribution in [0.5, 0.6) is 0 Å². The van der Waals surface area contributed by atoms with Crippen molar-refractivity contribution in [2.45, 2.75) is 26.4 Å². The molecule has 2 aromatic rings. The fourth-order valence-corrected chi connectivity index (χ4v) is 2.39. The SMILES string of the molecule is COC(=O)c1cc([N+](=O)[O-])ccc1-c1ccccc1C(=O)OC(C)(C)C. The van der Waals surface area contributed by atoms with Crippen LogP contribution in [-0.2, 0) is 9.47 Å². The van der Waals surface area contributed by atoms with Crippen molar-refractivity contribution >= 4 is 17.6 Å². The first-order valence-corrected chi connectivity index (χ1v) is 7.83. The Labute approximate surface area is 150 Å². The van der Waals surface area contributed by atoms with E-state index in [1.165, 1.54) is 19.2 Å². The lowest BCUT2D eigenvalue weighted by molar-refractivity contribution is -0.384. The number of benzene rings is 2. The molecule has 2 rings (SSSR count). The molecule has 0 heterocycles. The summed E-state index contributed by atoms with van der Waals surface area (Å²) in [5.74, 6) is -1.29. The van der Waals surface area contributed by atoms with Gasteiger partial charge in [-0.1, -0.05) is 18.2 Å². The third-order valence-corrected chi connectivity index (χ3v) is 3.46. The minimum absolute atomic E-state index is 0.00212. The van der Waals surface area contributed by atoms with Gasteiger partial charge >= 0.3 is 11.9 Å². The Kier molecular flexibility index (Phi) is 5.40. The quantitative estimate of drug-likeness (QED) is 0.466.